The van der Waals surface area contributed by atoms with Crippen molar-refractivity contribution in [3.8, 4) is 0 Å². The van der Waals surface area contributed by atoms with Crippen LogP contribution in [-0.4, -0.2) is 66.0 Å². The summed E-state index contributed by atoms with van der Waals surface area (Å²) in [6.07, 6.45) is 1.69. The van der Waals surface area contributed by atoms with Crippen LogP contribution in [0.1, 0.15) is 28.6 Å². The second kappa shape index (κ2) is 8.71. The molecular weight excluding hydrogens is 388 g/mol. The molecule has 2 aromatic rings. The molecule has 1 aromatic carbocycles. The van der Waals surface area contributed by atoms with Crippen LogP contribution in [0.4, 0.5) is 0 Å². The first kappa shape index (κ1) is 20.2. The topological polar surface area (TPSA) is 89.3 Å². The van der Waals surface area contributed by atoms with Gasteiger partial charge in [0.15, 0.2) is 12.4 Å². The molecule has 1 fully saturated rings. The third-order valence-corrected chi connectivity index (χ3v) is 5.45. The van der Waals surface area contributed by atoms with Crippen molar-refractivity contribution < 1.29 is 28.3 Å². The fourth-order valence-electron chi connectivity index (χ4n) is 3.85. The number of esters is 1. The number of fused-ring (bicyclic) bond motifs is 1. The first-order chi connectivity index (χ1) is 14.5. The average molecular weight is 412 g/mol. The lowest BCUT2D eigenvalue weighted by Gasteiger charge is -2.35. The minimum absolute atomic E-state index is 0.0466. The molecule has 0 saturated carbocycles. The molecule has 1 saturated heterocycles. The van der Waals surface area contributed by atoms with E-state index in [1.807, 2.05) is 31.2 Å². The Morgan fingerprint density at radius 3 is 2.67 bits per heavy atom. The Morgan fingerprint density at radius 2 is 1.93 bits per heavy atom. The smallest absolute Gasteiger partial charge is 0.329 e. The number of carbonyl (C=O) groups excluding carboxylic acids is 3. The predicted molar refractivity (Wildman–Crippen MR) is 105 cm³/mol. The highest BCUT2D eigenvalue weighted by Gasteiger charge is 2.37. The minimum atomic E-state index is -0.825. The van der Waals surface area contributed by atoms with Crippen LogP contribution in [0.3, 0.4) is 0 Å². The van der Waals surface area contributed by atoms with Gasteiger partial charge in [-0.25, -0.2) is 4.79 Å². The van der Waals surface area contributed by atoms with E-state index in [2.05, 4.69) is 0 Å². The van der Waals surface area contributed by atoms with Crippen LogP contribution in [-0.2, 0) is 32.0 Å². The molecule has 8 nitrogen and oxygen atoms in total. The number of benzene rings is 1. The summed E-state index contributed by atoms with van der Waals surface area (Å²) in [4.78, 5) is 41.4. The number of hydrogen-bond donors (Lipinski definition) is 0. The zero-order valence-electron chi connectivity index (χ0n) is 16.8. The third-order valence-electron chi connectivity index (χ3n) is 5.45. The first-order valence-corrected chi connectivity index (χ1v) is 10.00. The van der Waals surface area contributed by atoms with E-state index in [4.69, 9.17) is 13.9 Å². The Bertz CT molecular complexity index is 925. The van der Waals surface area contributed by atoms with Crippen LogP contribution >= 0.6 is 0 Å². The molecule has 158 valence electrons. The molecule has 0 N–H and O–H groups in total. The number of ether oxygens (including phenoxy) is 2. The summed E-state index contributed by atoms with van der Waals surface area (Å²) in [5.74, 6) is -1.09. The van der Waals surface area contributed by atoms with Crippen LogP contribution in [0, 0.1) is 0 Å². The lowest BCUT2D eigenvalue weighted by atomic mass is 9.93. The monoisotopic (exact) mass is 412 g/mol. The standard InChI is InChI=1S/C22H24N2O6/c1-15-12-23(8-10-28-15)20(25)14-30-22(27)18-11-16-5-2-3-6-17(16)13-24(18)21(26)19-7-4-9-29-19/h2-7,9,15,18H,8,10-14H2,1H3/t15?,18-/m0/s1. The van der Waals surface area contributed by atoms with Gasteiger partial charge in [0, 0.05) is 26.1 Å². The van der Waals surface area contributed by atoms with Gasteiger partial charge in [-0.15, -0.1) is 0 Å². The zero-order chi connectivity index (χ0) is 21.1. The molecule has 3 heterocycles. The van der Waals surface area contributed by atoms with Gasteiger partial charge in [0.05, 0.1) is 19.0 Å². The van der Waals surface area contributed by atoms with Gasteiger partial charge < -0.3 is 23.7 Å². The van der Waals surface area contributed by atoms with E-state index in [1.165, 1.54) is 11.2 Å². The number of nitrogens with zero attached hydrogens (tertiary/aromatic N) is 2. The molecule has 0 spiro atoms. The van der Waals surface area contributed by atoms with Gasteiger partial charge in [-0.1, -0.05) is 24.3 Å². The predicted octanol–water partition coefficient (Wildman–Crippen LogP) is 1.64. The molecule has 1 unspecified atom stereocenters. The SMILES string of the molecule is CC1CN(C(=O)COC(=O)[C@@H]2Cc3ccccc3CN2C(=O)c2ccco2)CCO1. The summed E-state index contributed by atoms with van der Waals surface area (Å²) in [7, 11) is 0. The van der Waals surface area contributed by atoms with Crippen LogP contribution in [0.5, 0.6) is 0 Å². The molecule has 0 bridgehead atoms. The van der Waals surface area contributed by atoms with Crippen LogP contribution in [0.15, 0.2) is 47.1 Å². The Balaban J connectivity index is 1.47. The molecule has 1 aromatic heterocycles. The Kier molecular flexibility index (Phi) is 5.85. The van der Waals surface area contributed by atoms with E-state index in [-0.39, 0.29) is 36.8 Å². The Labute approximate surface area is 174 Å². The number of hydrogen-bond acceptors (Lipinski definition) is 6. The van der Waals surface area contributed by atoms with Gasteiger partial charge in [0.2, 0.25) is 0 Å². The van der Waals surface area contributed by atoms with Gasteiger partial charge in [-0.2, -0.15) is 0 Å². The molecule has 30 heavy (non-hydrogen) atoms. The largest absolute Gasteiger partial charge is 0.459 e. The highest BCUT2D eigenvalue weighted by atomic mass is 16.5. The molecule has 0 aliphatic carbocycles. The quantitative estimate of drug-likeness (QED) is 0.710. The van der Waals surface area contributed by atoms with E-state index >= 15 is 0 Å². The van der Waals surface area contributed by atoms with Crippen LogP contribution in [0.2, 0.25) is 0 Å². The molecule has 4 rings (SSSR count). The van der Waals surface area contributed by atoms with Gasteiger partial charge in [0.25, 0.3) is 11.8 Å². The van der Waals surface area contributed by atoms with Crippen molar-refractivity contribution in [3.63, 3.8) is 0 Å². The normalized spacial score (nSPS) is 21.1. The number of furan rings is 1. The summed E-state index contributed by atoms with van der Waals surface area (Å²) in [5.41, 5.74) is 1.95. The highest BCUT2D eigenvalue weighted by Crippen LogP contribution is 2.26. The van der Waals surface area contributed by atoms with E-state index in [1.54, 1.807) is 17.0 Å². The fourth-order valence-corrected chi connectivity index (χ4v) is 3.85. The van der Waals surface area contributed by atoms with E-state index in [0.29, 0.717) is 26.1 Å². The number of rotatable bonds is 4. The number of morpholine rings is 1. The summed E-state index contributed by atoms with van der Waals surface area (Å²) in [6.45, 7) is 3.21. The van der Waals surface area contributed by atoms with E-state index in [0.717, 1.165) is 11.1 Å². The first-order valence-electron chi connectivity index (χ1n) is 10.00. The van der Waals surface area contributed by atoms with Crippen LogP contribution < -0.4 is 0 Å². The average Bonchev–Trinajstić information content (AvgIpc) is 3.30. The van der Waals surface area contributed by atoms with E-state index < -0.39 is 12.0 Å². The van der Waals surface area contributed by atoms with Crippen molar-refractivity contribution in [2.75, 3.05) is 26.3 Å². The van der Waals surface area contributed by atoms with Gasteiger partial charge in [-0.05, 0) is 30.2 Å². The summed E-state index contributed by atoms with van der Waals surface area (Å²) < 4.78 is 16.0. The summed E-state index contributed by atoms with van der Waals surface area (Å²) in [6, 6.07) is 10.0. The van der Waals surface area contributed by atoms with Crippen molar-refractivity contribution in [2.45, 2.75) is 32.0 Å². The molecular formula is C22H24N2O6. The molecule has 2 atom stereocenters. The van der Waals surface area contributed by atoms with Crippen molar-refractivity contribution >= 4 is 17.8 Å². The lowest BCUT2D eigenvalue weighted by molar-refractivity contribution is -0.158. The van der Waals surface area contributed by atoms with Crippen molar-refractivity contribution in [2.24, 2.45) is 0 Å². The van der Waals surface area contributed by atoms with Crippen molar-refractivity contribution in [3.05, 3.63) is 59.5 Å². The number of carbonyl (C=O) groups is 3. The molecule has 2 aliphatic heterocycles. The maximum absolute atomic E-state index is 12.9. The maximum atomic E-state index is 12.9. The van der Waals surface area contributed by atoms with Gasteiger partial charge >= 0.3 is 5.97 Å². The minimum Gasteiger partial charge on any atom is -0.459 e. The molecule has 0 radical (unpaired) electrons. The van der Waals surface area contributed by atoms with Gasteiger partial charge in [-0.3, -0.25) is 9.59 Å². The van der Waals surface area contributed by atoms with Crippen LogP contribution in [0.25, 0.3) is 0 Å². The van der Waals surface area contributed by atoms with E-state index in [9.17, 15) is 14.4 Å². The van der Waals surface area contributed by atoms with Crippen molar-refractivity contribution in [1.82, 2.24) is 9.80 Å². The third kappa shape index (κ3) is 4.23. The second-order valence-electron chi connectivity index (χ2n) is 7.53. The Hall–Kier alpha value is -3.13. The molecule has 2 aliphatic rings. The lowest BCUT2D eigenvalue weighted by Crippen LogP contribution is -2.50. The summed E-state index contributed by atoms with van der Waals surface area (Å²) in [5, 5.41) is 0. The molecule has 2 amide bonds. The van der Waals surface area contributed by atoms with Gasteiger partial charge in [0.1, 0.15) is 6.04 Å². The maximum Gasteiger partial charge on any atom is 0.329 e. The number of amides is 2. The second-order valence-corrected chi connectivity index (χ2v) is 7.53. The molecule has 8 heteroatoms. The zero-order valence-corrected chi connectivity index (χ0v) is 16.8. The van der Waals surface area contributed by atoms with Crippen molar-refractivity contribution in [1.29, 1.82) is 0 Å². The summed E-state index contributed by atoms with van der Waals surface area (Å²) >= 11 is 0. The Morgan fingerprint density at radius 1 is 1.13 bits per heavy atom. The fraction of sp³-hybridized carbons (Fsp3) is 0.409. The highest BCUT2D eigenvalue weighted by molar-refractivity contribution is 5.95.